The van der Waals surface area contributed by atoms with Crippen LogP contribution < -0.4 is 0 Å². The van der Waals surface area contributed by atoms with E-state index in [-0.39, 0.29) is 5.92 Å². The van der Waals surface area contributed by atoms with Gasteiger partial charge in [0, 0.05) is 31.5 Å². The number of piperidine rings is 1. The van der Waals surface area contributed by atoms with Crippen LogP contribution in [0.4, 0.5) is 0 Å². The van der Waals surface area contributed by atoms with E-state index in [4.69, 9.17) is 0 Å². The van der Waals surface area contributed by atoms with E-state index in [1.807, 2.05) is 0 Å². The quantitative estimate of drug-likeness (QED) is 0.780. The summed E-state index contributed by atoms with van der Waals surface area (Å²) in [5.41, 5.74) is 2.65. The molecule has 0 spiro atoms. The third-order valence-corrected chi connectivity index (χ3v) is 3.92. The molecule has 1 fully saturated rings. The molecule has 2 atom stereocenters. The molecule has 1 heterocycles. The van der Waals surface area contributed by atoms with Crippen LogP contribution in [0.5, 0.6) is 0 Å². The zero-order chi connectivity index (χ0) is 12.4. The maximum Gasteiger partial charge on any atom is 0.138 e. The number of benzene rings is 1. The van der Waals surface area contributed by atoms with E-state index in [0.717, 1.165) is 13.1 Å². The smallest absolute Gasteiger partial charge is 0.138 e. The predicted octanol–water partition coefficient (Wildman–Crippen LogP) is 2.79. The number of hydrogen-bond acceptors (Lipinski definition) is 2. The van der Waals surface area contributed by atoms with Crippen molar-refractivity contribution in [3.05, 3.63) is 35.4 Å². The number of carbonyl (C=O) groups excluding carboxylic acids is 1. The standard InChI is InChI=1S/C15H21NO/c1-11-5-4-6-14(9-11)10-16-8-7-15(17)12(2)13(16)3/h4-6,9,12-13H,7-8,10H2,1-3H3. The molecule has 0 saturated carbocycles. The molecular weight excluding hydrogens is 210 g/mol. The molecule has 2 rings (SSSR count). The fraction of sp³-hybridized carbons (Fsp3) is 0.533. The summed E-state index contributed by atoms with van der Waals surface area (Å²) in [6.07, 6.45) is 0.706. The summed E-state index contributed by atoms with van der Waals surface area (Å²) in [6.45, 7) is 8.20. The molecule has 0 bridgehead atoms. The Morgan fingerprint density at radius 3 is 2.82 bits per heavy atom. The highest BCUT2D eigenvalue weighted by Crippen LogP contribution is 2.22. The van der Waals surface area contributed by atoms with Gasteiger partial charge in [-0.1, -0.05) is 36.8 Å². The van der Waals surface area contributed by atoms with Crippen molar-refractivity contribution in [2.24, 2.45) is 5.92 Å². The van der Waals surface area contributed by atoms with Crippen LogP contribution >= 0.6 is 0 Å². The number of rotatable bonds is 2. The highest BCUT2D eigenvalue weighted by Gasteiger charge is 2.30. The van der Waals surface area contributed by atoms with Gasteiger partial charge in [0.1, 0.15) is 5.78 Å². The first-order valence-electron chi connectivity index (χ1n) is 6.40. The number of carbonyl (C=O) groups is 1. The van der Waals surface area contributed by atoms with Crippen molar-refractivity contribution in [3.63, 3.8) is 0 Å². The normalized spacial score (nSPS) is 26.2. The van der Waals surface area contributed by atoms with E-state index in [1.54, 1.807) is 0 Å². The molecular formula is C15H21NO. The summed E-state index contributed by atoms with van der Waals surface area (Å²) in [4.78, 5) is 14.0. The van der Waals surface area contributed by atoms with Crippen LogP contribution in [0.25, 0.3) is 0 Å². The second-order valence-corrected chi connectivity index (χ2v) is 5.21. The van der Waals surface area contributed by atoms with E-state index in [0.29, 0.717) is 18.2 Å². The number of nitrogens with zero attached hydrogens (tertiary/aromatic N) is 1. The molecule has 92 valence electrons. The summed E-state index contributed by atoms with van der Waals surface area (Å²) < 4.78 is 0. The second-order valence-electron chi connectivity index (χ2n) is 5.21. The van der Waals surface area contributed by atoms with Crippen LogP contribution in [0.3, 0.4) is 0 Å². The first-order valence-corrected chi connectivity index (χ1v) is 6.40. The van der Waals surface area contributed by atoms with Gasteiger partial charge in [-0.25, -0.2) is 0 Å². The zero-order valence-electron chi connectivity index (χ0n) is 10.9. The molecule has 0 amide bonds. The molecule has 2 unspecified atom stereocenters. The van der Waals surface area contributed by atoms with E-state index in [1.165, 1.54) is 11.1 Å². The van der Waals surface area contributed by atoms with Crippen molar-refractivity contribution in [1.82, 2.24) is 4.90 Å². The highest BCUT2D eigenvalue weighted by molar-refractivity contribution is 5.82. The maximum absolute atomic E-state index is 11.6. The molecule has 0 aliphatic carbocycles. The fourth-order valence-corrected chi connectivity index (χ4v) is 2.54. The van der Waals surface area contributed by atoms with Crippen molar-refractivity contribution < 1.29 is 4.79 Å². The lowest BCUT2D eigenvalue weighted by molar-refractivity contribution is -0.128. The predicted molar refractivity (Wildman–Crippen MR) is 69.8 cm³/mol. The van der Waals surface area contributed by atoms with Crippen LogP contribution in [0.2, 0.25) is 0 Å². The molecule has 17 heavy (non-hydrogen) atoms. The average molecular weight is 231 g/mol. The SMILES string of the molecule is Cc1cccc(CN2CCC(=O)C(C)C2C)c1. The number of hydrogen-bond donors (Lipinski definition) is 0. The molecule has 1 aliphatic heterocycles. The summed E-state index contributed by atoms with van der Waals surface area (Å²) in [5, 5.41) is 0. The van der Waals surface area contributed by atoms with Crippen molar-refractivity contribution in [2.75, 3.05) is 6.54 Å². The van der Waals surface area contributed by atoms with Gasteiger partial charge in [-0.05, 0) is 19.4 Å². The van der Waals surface area contributed by atoms with E-state index < -0.39 is 0 Å². The summed E-state index contributed by atoms with van der Waals surface area (Å²) in [6, 6.07) is 8.98. The Morgan fingerprint density at radius 2 is 2.12 bits per heavy atom. The Morgan fingerprint density at radius 1 is 1.35 bits per heavy atom. The molecule has 1 saturated heterocycles. The molecule has 1 aromatic carbocycles. The zero-order valence-corrected chi connectivity index (χ0v) is 10.9. The van der Waals surface area contributed by atoms with Crippen molar-refractivity contribution in [2.45, 2.75) is 39.8 Å². The average Bonchev–Trinajstić information content (AvgIpc) is 2.30. The summed E-state index contributed by atoms with van der Waals surface area (Å²) in [5.74, 6) is 0.589. The Labute approximate surface area is 104 Å². The minimum absolute atomic E-state index is 0.175. The Kier molecular flexibility index (Phi) is 3.63. The lowest BCUT2D eigenvalue weighted by Crippen LogP contribution is -2.46. The van der Waals surface area contributed by atoms with Gasteiger partial charge in [0.25, 0.3) is 0 Å². The second kappa shape index (κ2) is 5.01. The van der Waals surface area contributed by atoms with Gasteiger partial charge >= 0.3 is 0 Å². The largest absolute Gasteiger partial charge is 0.299 e. The van der Waals surface area contributed by atoms with Crippen LogP contribution in [0.1, 0.15) is 31.4 Å². The van der Waals surface area contributed by atoms with Gasteiger partial charge in [-0.2, -0.15) is 0 Å². The van der Waals surface area contributed by atoms with Crippen molar-refractivity contribution >= 4 is 5.78 Å². The fourth-order valence-electron chi connectivity index (χ4n) is 2.54. The van der Waals surface area contributed by atoms with Gasteiger partial charge in [0.15, 0.2) is 0 Å². The van der Waals surface area contributed by atoms with Gasteiger partial charge in [-0.15, -0.1) is 0 Å². The molecule has 0 N–H and O–H groups in total. The summed E-state index contributed by atoms with van der Waals surface area (Å²) >= 11 is 0. The maximum atomic E-state index is 11.6. The Balaban J connectivity index is 2.06. The van der Waals surface area contributed by atoms with E-state index in [9.17, 15) is 4.79 Å². The first kappa shape index (κ1) is 12.3. The minimum Gasteiger partial charge on any atom is -0.299 e. The molecule has 1 aliphatic rings. The molecule has 0 radical (unpaired) electrons. The van der Waals surface area contributed by atoms with Crippen LogP contribution in [-0.4, -0.2) is 23.3 Å². The molecule has 0 aromatic heterocycles. The van der Waals surface area contributed by atoms with Crippen LogP contribution in [0.15, 0.2) is 24.3 Å². The first-order chi connectivity index (χ1) is 8.08. The van der Waals surface area contributed by atoms with Crippen molar-refractivity contribution in [1.29, 1.82) is 0 Å². The topological polar surface area (TPSA) is 20.3 Å². The van der Waals surface area contributed by atoms with Crippen LogP contribution in [-0.2, 0) is 11.3 Å². The lowest BCUT2D eigenvalue weighted by Gasteiger charge is -2.37. The molecule has 1 aromatic rings. The van der Waals surface area contributed by atoms with Gasteiger partial charge in [0.05, 0.1) is 0 Å². The summed E-state index contributed by atoms with van der Waals surface area (Å²) in [7, 11) is 0. The van der Waals surface area contributed by atoms with Gasteiger partial charge in [-0.3, -0.25) is 9.69 Å². The monoisotopic (exact) mass is 231 g/mol. The third-order valence-electron chi connectivity index (χ3n) is 3.92. The van der Waals surface area contributed by atoms with Gasteiger partial charge in [0.2, 0.25) is 0 Å². The minimum atomic E-state index is 0.175. The molecule has 2 heteroatoms. The van der Waals surface area contributed by atoms with Crippen LogP contribution in [0, 0.1) is 12.8 Å². The highest BCUT2D eigenvalue weighted by atomic mass is 16.1. The van der Waals surface area contributed by atoms with Crippen molar-refractivity contribution in [3.8, 4) is 0 Å². The van der Waals surface area contributed by atoms with E-state index >= 15 is 0 Å². The van der Waals surface area contributed by atoms with E-state index in [2.05, 4.69) is 49.9 Å². The lowest BCUT2D eigenvalue weighted by atomic mass is 9.90. The Bertz CT molecular complexity index is 413. The number of Topliss-reactive ketones (excluding diaryl/α,β-unsaturated/α-hetero) is 1. The Hall–Kier alpha value is -1.15. The number of likely N-dealkylation sites (tertiary alicyclic amines) is 1. The molecule has 2 nitrogen and oxygen atoms in total. The number of ketones is 1. The third kappa shape index (κ3) is 2.75. The number of aryl methyl sites for hydroxylation is 1. The van der Waals surface area contributed by atoms with Gasteiger partial charge < -0.3 is 0 Å².